The number of anilines is 3. The van der Waals surface area contributed by atoms with E-state index in [1.807, 2.05) is 12.1 Å². The van der Waals surface area contributed by atoms with Gasteiger partial charge in [-0.3, -0.25) is 9.10 Å². The number of hydrogen-bond acceptors (Lipinski definition) is 5. The third-order valence-corrected chi connectivity index (χ3v) is 7.52. The first kappa shape index (κ1) is 20.0. The van der Waals surface area contributed by atoms with Crippen LogP contribution in [-0.2, 0) is 14.8 Å². The topological polar surface area (TPSA) is 82.6 Å². The maximum absolute atomic E-state index is 12.6. The first-order valence-electron chi connectivity index (χ1n) is 9.70. The Morgan fingerprint density at radius 2 is 1.79 bits per heavy atom. The van der Waals surface area contributed by atoms with E-state index in [4.69, 9.17) is 11.6 Å². The van der Waals surface area contributed by atoms with Crippen molar-refractivity contribution in [2.24, 2.45) is 5.92 Å². The van der Waals surface area contributed by atoms with Gasteiger partial charge in [-0.05, 0) is 55.7 Å². The number of carbonyl (C=O) groups excluding carboxylic acids is 1. The van der Waals surface area contributed by atoms with E-state index in [2.05, 4.69) is 15.2 Å². The number of piperidine rings is 1. The van der Waals surface area contributed by atoms with Crippen molar-refractivity contribution in [2.75, 3.05) is 39.9 Å². The Hall–Kier alpha value is -2.32. The molecule has 0 saturated carbocycles. The molecule has 7 nitrogen and oxygen atoms in total. The second-order valence-corrected chi connectivity index (χ2v) is 9.82. The van der Waals surface area contributed by atoms with Gasteiger partial charge < -0.3 is 10.2 Å². The molecule has 9 heteroatoms. The Balaban J connectivity index is 1.32. The molecule has 2 saturated heterocycles. The van der Waals surface area contributed by atoms with Gasteiger partial charge in [-0.2, -0.15) is 0 Å². The van der Waals surface area contributed by atoms with E-state index in [-0.39, 0.29) is 17.6 Å². The SMILES string of the molecule is O=C(Nc1ccc(N2CCCS2(=O)=O)cc1)C1CCN(c2ccc(Cl)cn2)CC1. The largest absolute Gasteiger partial charge is 0.357 e. The molecular weight excluding hydrogens is 412 g/mol. The van der Waals surface area contributed by atoms with Crippen LogP contribution >= 0.6 is 11.6 Å². The summed E-state index contributed by atoms with van der Waals surface area (Å²) >= 11 is 5.89. The molecule has 0 aliphatic carbocycles. The molecular formula is C20H23ClN4O3S. The highest BCUT2D eigenvalue weighted by atomic mass is 35.5. The molecule has 1 amide bonds. The molecule has 1 aromatic heterocycles. The van der Waals surface area contributed by atoms with Crippen LogP contribution in [0.25, 0.3) is 0 Å². The van der Waals surface area contributed by atoms with E-state index >= 15 is 0 Å². The van der Waals surface area contributed by atoms with Gasteiger partial charge in [0.05, 0.1) is 16.5 Å². The number of halogens is 1. The number of aromatic nitrogens is 1. The molecule has 0 spiro atoms. The minimum atomic E-state index is -3.19. The number of pyridine rings is 1. The minimum Gasteiger partial charge on any atom is -0.357 e. The number of nitrogens with zero attached hydrogens (tertiary/aromatic N) is 3. The zero-order valence-electron chi connectivity index (χ0n) is 15.9. The number of benzene rings is 1. The average molecular weight is 435 g/mol. The molecule has 2 aliphatic rings. The van der Waals surface area contributed by atoms with Gasteiger partial charge in [0.2, 0.25) is 15.9 Å². The highest BCUT2D eigenvalue weighted by molar-refractivity contribution is 7.93. The Morgan fingerprint density at radius 1 is 1.07 bits per heavy atom. The summed E-state index contributed by atoms with van der Waals surface area (Å²) in [6.07, 6.45) is 3.78. The summed E-state index contributed by atoms with van der Waals surface area (Å²) in [7, 11) is -3.19. The number of sulfonamides is 1. The molecule has 29 heavy (non-hydrogen) atoms. The van der Waals surface area contributed by atoms with Crippen LogP contribution in [0.1, 0.15) is 19.3 Å². The van der Waals surface area contributed by atoms with Gasteiger partial charge in [0.1, 0.15) is 5.82 Å². The van der Waals surface area contributed by atoms with Gasteiger partial charge in [-0.25, -0.2) is 13.4 Å². The molecule has 1 aromatic carbocycles. The van der Waals surface area contributed by atoms with Crippen molar-refractivity contribution >= 4 is 44.7 Å². The lowest BCUT2D eigenvalue weighted by atomic mass is 9.95. The maximum Gasteiger partial charge on any atom is 0.235 e. The van der Waals surface area contributed by atoms with Gasteiger partial charge in [0, 0.05) is 37.4 Å². The average Bonchev–Trinajstić information content (AvgIpc) is 3.08. The third kappa shape index (κ3) is 4.48. The van der Waals surface area contributed by atoms with Crippen molar-refractivity contribution in [2.45, 2.75) is 19.3 Å². The molecule has 2 aromatic rings. The van der Waals surface area contributed by atoms with Crippen molar-refractivity contribution in [1.29, 1.82) is 0 Å². The highest BCUT2D eigenvalue weighted by Crippen LogP contribution is 2.27. The van der Waals surface area contributed by atoms with Crippen molar-refractivity contribution in [1.82, 2.24) is 4.98 Å². The van der Waals surface area contributed by atoms with E-state index in [1.165, 1.54) is 4.31 Å². The second kappa shape index (κ2) is 8.20. The Bertz CT molecular complexity index is 972. The van der Waals surface area contributed by atoms with Crippen molar-refractivity contribution in [3.05, 3.63) is 47.6 Å². The summed E-state index contributed by atoms with van der Waals surface area (Å²) in [5, 5.41) is 3.56. The predicted octanol–water partition coefficient (Wildman–Crippen LogP) is 3.13. The molecule has 1 N–H and O–H groups in total. The lowest BCUT2D eigenvalue weighted by molar-refractivity contribution is -0.120. The molecule has 0 bridgehead atoms. The predicted molar refractivity (Wildman–Crippen MR) is 115 cm³/mol. The molecule has 0 radical (unpaired) electrons. The summed E-state index contributed by atoms with van der Waals surface area (Å²) in [4.78, 5) is 19.1. The molecule has 2 fully saturated rings. The third-order valence-electron chi connectivity index (χ3n) is 5.42. The van der Waals surface area contributed by atoms with Crippen LogP contribution in [0, 0.1) is 5.92 Å². The second-order valence-electron chi connectivity index (χ2n) is 7.37. The van der Waals surface area contributed by atoms with E-state index in [0.717, 1.165) is 31.7 Å². The van der Waals surface area contributed by atoms with Crippen LogP contribution in [0.2, 0.25) is 5.02 Å². The molecule has 154 valence electrons. The van der Waals surface area contributed by atoms with E-state index in [0.29, 0.717) is 29.4 Å². The molecule has 0 unspecified atom stereocenters. The van der Waals surface area contributed by atoms with E-state index in [9.17, 15) is 13.2 Å². The summed E-state index contributed by atoms with van der Waals surface area (Å²) < 4.78 is 25.5. The molecule has 4 rings (SSSR count). The molecule has 3 heterocycles. The van der Waals surface area contributed by atoms with Crippen molar-refractivity contribution < 1.29 is 13.2 Å². The smallest absolute Gasteiger partial charge is 0.235 e. The van der Waals surface area contributed by atoms with Crippen molar-refractivity contribution in [3.63, 3.8) is 0 Å². The quantitative estimate of drug-likeness (QED) is 0.799. The van der Waals surface area contributed by atoms with Crippen molar-refractivity contribution in [3.8, 4) is 0 Å². The van der Waals surface area contributed by atoms with Crippen LogP contribution in [-0.4, -0.2) is 44.7 Å². The monoisotopic (exact) mass is 434 g/mol. The number of amides is 1. The zero-order valence-corrected chi connectivity index (χ0v) is 17.5. The summed E-state index contributed by atoms with van der Waals surface area (Å²) in [5.41, 5.74) is 1.32. The maximum atomic E-state index is 12.6. The fourth-order valence-electron chi connectivity index (χ4n) is 3.81. The number of rotatable bonds is 4. The fourth-order valence-corrected chi connectivity index (χ4v) is 5.49. The Kier molecular flexibility index (Phi) is 5.65. The van der Waals surface area contributed by atoms with Gasteiger partial charge in [-0.15, -0.1) is 0 Å². The molecule has 0 atom stereocenters. The van der Waals surface area contributed by atoms with Gasteiger partial charge in [-0.1, -0.05) is 11.6 Å². The lowest BCUT2D eigenvalue weighted by Crippen LogP contribution is -2.38. The first-order chi connectivity index (χ1) is 13.9. The van der Waals surface area contributed by atoms with Crippen LogP contribution in [0.3, 0.4) is 0 Å². The Morgan fingerprint density at radius 3 is 2.38 bits per heavy atom. The van der Waals surface area contributed by atoms with E-state index in [1.54, 1.807) is 30.5 Å². The van der Waals surface area contributed by atoms with Crippen LogP contribution in [0.5, 0.6) is 0 Å². The number of carbonyl (C=O) groups is 1. The van der Waals surface area contributed by atoms with Crippen LogP contribution in [0.15, 0.2) is 42.6 Å². The lowest BCUT2D eigenvalue weighted by Gasteiger charge is -2.32. The summed E-state index contributed by atoms with van der Waals surface area (Å²) in [5.74, 6) is 1.00. The van der Waals surface area contributed by atoms with E-state index < -0.39 is 10.0 Å². The highest BCUT2D eigenvalue weighted by Gasteiger charge is 2.29. The number of hydrogen-bond donors (Lipinski definition) is 1. The zero-order chi connectivity index (χ0) is 20.4. The standard InChI is InChI=1S/C20H23ClN4O3S/c21-16-2-7-19(22-14-16)24-11-8-15(9-12-24)20(26)23-17-3-5-18(6-4-17)25-10-1-13-29(25,27)28/h2-7,14-15H,1,8-13H2,(H,23,26). The summed E-state index contributed by atoms with van der Waals surface area (Å²) in [6, 6.07) is 10.7. The van der Waals surface area contributed by atoms with Gasteiger partial charge in [0.15, 0.2) is 0 Å². The minimum absolute atomic E-state index is 0.00439. The summed E-state index contributed by atoms with van der Waals surface area (Å²) in [6.45, 7) is 2.03. The fraction of sp³-hybridized carbons (Fsp3) is 0.400. The van der Waals surface area contributed by atoms with Gasteiger partial charge >= 0.3 is 0 Å². The first-order valence-corrected chi connectivity index (χ1v) is 11.7. The van der Waals surface area contributed by atoms with Crippen LogP contribution < -0.4 is 14.5 Å². The van der Waals surface area contributed by atoms with Gasteiger partial charge in [0.25, 0.3) is 0 Å². The number of nitrogens with one attached hydrogen (secondary N) is 1. The Labute approximate surface area is 175 Å². The molecule has 2 aliphatic heterocycles. The van der Waals surface area contributed by atoms with Crippen LogP contribution in [0.4, 0.5) is 17.2 Å². The normalized spacial score (nSPS) is 19.3.